The van der Waals surface area contributed by atoms with E-state index in [-0.39, 0.29) is 11.8 Å². The number of fused-ring (bicyclic) bond motifs is 2. The van der Waals surface area contributed by atoms with Gasteiger partial charge >= 0.3 is 0 Å². The molecule has 0 aliphatic carbocycles. The van der Waals surface area contributed by atoms with E-state index in [2.05, 4.69) is 16.4 Å². The van der Waals surface area contributed by atoms with Crippen LogP contribution in [0.1, 0.15) is 26.4 Å². The second-order valence-electron chi connectivity index (χ2n) is 8.21. The molecule has 7 heteroatoms. The number of rotatable bonds is 6. The smallest absolute Gasteiger partial charge is 0.262 e. The number of hydrogen-bond donors (Lipinski definition) is 2. The van der Waals surface area contributed by atoms with E-state index in [1.165, 1.54) is 16.9 Å². The maximum atomic E-state index is 13.7. The number of ether oxygens (including phenoxy) is 1. The van der Waals surface area contributed by atoms with Crippen molar-refractivity contribution in [2.24, 2.45) is 0 Å². The van der Waals surface area contributed by atoms with Crippen LogP contribution in [-0.2, 0) is 24.2 Å². The number of carbonyl (C=O) groups is 2. The van der Waals surface area contributed by atoms with Gasteiger partial charge in [0.2, 0.25) is 5.91 Å². The highest BCUT2D eigenvalue weighted by Crippen LogP contribution is 2.25. The molecule has 2 aromatic carbocycles. The summed E-state index contributed by atoms with van der Waals surface area (Å²) < 4.78 is 5.37. The standard InChI is InChI=1S/C26H25N3O3S/c1-32-20-9-8-17-10-11-29(16-19(17)13-20)26(31)23(28-25(30)24-7-4-12-33-24)14-18-15-27-22-6-3-2-5-21(18)22/h2-9,12-13,15,23,27H,10-11,14,16H2,1H3,(H,28,30). The number of amides is 2. The highest BCUT2D eigenvalue weighted by atomic mass is 32.1. The second-order valence-corrected chi connectivity index (χ2v) is 9.16. The van der Waals surface area contributed by atoms with Crippen molar-refractivity contribution in [3.63, 3.8) is 0 Å². The van der Waals surface area contributed by atoms with Crippen molar-refractivity contribution in [1.82, 2.24) is 15.2 Å². The van der Waals surface area contributed by atoms with Gasteiger partial charge in [-0.25, -0.2) is 0 Å². The number of methoxy groups -OCH3 is 1. The molecule has 0 fully saturated rings. The fraction of sp³-hybridized carbons (Fsp3) is 0.231. The topological polar surface area (TPSA) is 74.4 Å². The molecule has 0 spiro atoms. The van der Waals surface area contributed by atoms with E-state index in [4.69, 9.17) is 4.74 Å². The first-order valence-corrected chi connectivity index (χ1v) is 11.8. The Kier molecular flexibility index (Phi) is 5.88. The van der Waals surface area contributed by atoms with Gasteiger partial charge in [-0.05, 0) is 52.8 Å². The third-order valence-corrected chi connectivity index (χ3v) is 7.05. The zero-order chi connectivity index (χ0) is 22.8. The van der Waals surface area contributed by atoms with E-state index in [1.807, 2.05) is 58.9 Å². The first-order valence-electron chi connectivity index (χ1n) is 11.0. The Morgan fingerprint density at radius 1 is 1.15 bits per heavy atom. The van der Waals surface area contributed by atoms with Crippen LogP contribution >= 0.6 is 11.3 Å². The van der Waals surface area contributed by atoms with Gasteiger partial charge in [-0.15, -0.1) is 11.3 Å². The first kappa shape index (κ1) is 21.3. The van der Waals surface area contributed by atoms with Crippen LogP contribution in [0, 0.1) is 0 Å². The molecule has 0 bridgehead atoms. The Morgan fingerprint density at radius 2 is 2.03 bits per heavy atom. The van der Waals surface area contributed by atoms with Crippen molar-refractivity contribution < 1.29 is 14.3 Å². The van der Waals surface area contributed by atoms with Crippen LogP contribution in [0.4, 0.5) is 0 Å². The zero-order valence-electron chi connectivity index (χ0n) is 18.3. The first-order chi connectivity index (χ1) is 16.1. The van der Waals surface area contributed by atoms with Crippen LogP contribution in [0.3, 0.4) is 0 Å². The molecule has 1 atom stereocenters. The molecule has 3 heterocycles. The molecule has 2 N–H and O–H groups in total. The van der Waals surface area contributed by atoms with Crippen molar-refractivity contribution in [2.45, 2.75) is 25.4 Å². The molecule has 0 radical (unpaired) electrons. The van der Waals surface area contributed by atoms with E-state index < -0.39 is 6.04 Å². The third-order valence-electron chi connectivity index (χ3n) is 6.18. The second kappa shape index (κ2) is 9.11. The zero-order valence-corrected chi connectivity index (χ0v) is 19.2. The van der Waals surface area contributed by atoms with Crippen LogP contribution in [0.25, 0.3) is 10.9 Å². The minimum Gasteiger partial charge on any atom is -0.497 e. The molecule has 33 heavy (non-hydrogen) atoms. The van der Waals surface area contributed by atoms with Gasteiger partial charge in [0.05, 0.1) is 12.0 Å². The highest BCUT2D eigenvalue weighted by Gasteiger charge is 2.30. The molecular weight excluding hydrogens is 434 g/mol. The van der Waals surface area contributed by atoms with Crippen molar-refractivity contribution in [3.8, 4) is 5.75 Å². The van der Waals surface area contributed by atoms with Gasteiger partial charge in [-0.3, -0.25) is 9.59 Å². The lowest BCUT2D eigenvalue weighted by Crippen LogP contribution is -2.50. The number of hydrogen-bond acceptors (Lipinski definition) is 4. The summed E-state index contributed by atoms with van der Waals surface area (Å²) in [6.07, 6.45) is 3.13. The number of aromatic nitrogens is 1. The Labute approximate surface area is 196 Å². The summed E-state index contributed by atoms with van der Waals surface area (Å²) in [5.74, 6) is 0.491. The van der Waals surface area contributed by atoms with Crippen LogP contribution in [0.5, 0.6) is 5.75 Å². The van der Waals surface area contributed by atoms with Gasteiger partial charge in [0.15, 0.2) is 0 Å². The number of H-pyrrole nitrogens is 1. The molecule has 1 aliphatic heterocycles. The molecule has 5 rings (SSSR count). The van der Waals surface area contributed by atoms with Crippen molar-refractivity contribution >= 4 is 34.1 Å². The normalized spacial score (nSPS) is 14.0. The molecule has 0 saturated carbocycles. The van der Waals surface area contributed by atoms with Crippen LogP contribution in [-0.4, -0.2) is 41.4 Å². The predicted molar refractivity (Wildman–Crippen MR) is 130 cm³/mol. The van der Waals surface area contributed by atoms with Gasteiger partial charge in [-0.2, -0.15) is 0 Å². The minimum atomic E-state index is -0.661. The number of nitrogens with zero attached hydrogens (tertiary/aromatic N) is 1. The summed E-state index contributed by atoms with van der Waals surface area (Å²) in [6.45, 7) is 1.13. The molecule has 1 unspecified atom stereocenters. The Morgan fingerprint density at radius 3 is 2.85 bits per heavy atom. The molecule has 2 aromatic heterocycles. The number of thiophene rings is 1. The lowest BCUT2D eigenvalue weighted by atomic mass is 9.97. The summed E-state index contributed by atoms with van der Waals surface area (Å²) in [6, 6.07) is 17.0. The summed E-state index contributed by atoms with van der Waals surface area (Å²) in [7, 11) is 1.64. The molecular formula is C26H25N3O3S. The quantitative estimate of drug-likeness (QED) is 0.455. The molecule has 6 nitrogen and oxygen atoms in total. The SMILES string of the molecule is COc1ccc2c(c1)CN(C(=O)C(Cc1c[nH]c3ccccc13)NC(=O)c1cccs1)CC2. The Balaban J connectivity index is 1.41. The average molecular weight is 460 g/mol. The highest BCUT2D eigenvalue weighted by molar-refractivity contribution is 7.12. The minimum absolute atomic E-state index is 0.0707. The van der Waals surface area contributed by atoms with Gasteiger partial charge in [0.25, 0.3) is 5.91 Å². The number of benzene rings is 2. The van der Waals surface area contributed by atoms with Crippen molar-refractivity contribution in [1.29, 1.82) is 0 Å². The van der Waals surface area contributed by atoms with Gasteiger partial charge in [0.1, 0.15) is 11.8 Å². The summed E-state index contributed by atoms with van der Waals surface area (Å²) in [4.78, 5) is 32.3. The largest absolute Gasteiger partial charge is 0.497 e. The van der Waals surface area contributed by atoms with Crippen molar-refractivity contribution in [3.05, 3.63) is 87.7 Å². The van der Waals surface area contributed by atoms with Crippen LogP contribution in [0.15, 0.2) is 66.2 Å². The molecule has 2 amide bonds. The molecule has 168 valence electrons. The molecule has 4 aromatic rings. The number of para-hydroxylation sites is 1. The Hall–Kier alpha value is -3.58. The van der Waals surface area contributed by atoms with E-state index in [9.17, 15) is 9.59 Å². The molecule has 1 aliphatic rings. The number of aromatic amines is 1. The summed E-state index contributed by atoms with van der Waals surface area (Å²) in [5, 5.41) is 5.93. The van der Waals surface area contributed by atoms with Crippen molar-refractivity contribution in [2.75, 3.05) is 13.7 Å². The number of nitrogens with one attached hydrogen (secondary N) is 2. The third kappa shape index (κ3) is 4.36. The lowest BCUT2D eigenvalue weighted by Gasteiger charge is -2.32. The fourth-order valence-corrected chi connectivity index (χ4v) is 5.05. The van der Waals surface area contributed by atoms with Gasteiger partial charge in [-0.1, -0.05) is 30.3 Å². The van der Waals surface area contributed by atoms with Crippen LogP contribution < -0.4 is 10.1 Å². The summed E-state index contributed by atoms with van der Waals surface area (Å²) in [5.41, 5.74) is 4.34. The number of carbonyl (C=O) groups excluding carboxylic acids is 2. The fourth-order valence-electron chi connectivity index (χ4n) is 4.43. The monoisotopic (exact) mass is 459 g/mol. The lowest BCUT2D eigenvalue weighted by molar-refractivity contribution is -0.134. The van der Waals surface area contributed by atoms with E-state index in [1.54, 1.807) is 13.2 Å². The van der Waals surface area contributed by atoms with E-state index >= 15 is 0 Å². The van der Waals surface area contributed by atoms with Gasteiger partial charge in [0, 0.05) is 36.6 Å². The Bertz CT molecular complexity index is 1300. The predicted octanol–water partition coefficient (Wildman–Crippen LogP) is 4.16. The summed E-state index contributed by atoms with van der Waals surface area (Å²) >= 11 is 1.37. The van der Waals surface area contributed by atoms with E-state index in [0.29, 0.717) is 24.4 Å². The average Bonchev–Trinajstić information content (AvgIpc) is 3.53. The molecule has 0 saturated heterocycles. The maximum Gasteiger partial charge on any atom is 0.262 e. The van der Waals surface area contributed by atoms with Crippen LogP contribution in [0.2, 0.25) is 0 Å². The van der Waals surface area contributed by atoms with Gasteiger partial charge < -0.3 is 19.9 Å². The maximum absolute atomic E-state index is 13.7. The van der Waals surface area contributed by atoms with E-state index in [0.717, 1.165) is 34.2 Å².